The lowest BCUT2D eigenvalue weighted by Gasteiger charge is -2.27. The number of furan rings is 1. The Hall–Kier alpha value is -3.68. The van der Waals surface area contributed by atoms with Crippen LogP contribution in [0.3, 0.4) is 0 Å². The van der Waals surface area contributed by atoms with E-state index in [-0.39, 0.29) is 17.1 Å². The molecule has 1 saturated carbocycles. The zero-order chi connectivity index (χ0) is 21.5. The van der Waals surface area contributed by atoms with E-state index >= 15 is 0 Å². The van der Waals surface area contributed by atoms with Crippen molar-refractivity contribution in [3.05, 3.63) is 53.3 Å². The van der Waals surface area contributed by atoms with Crippen LogP contribution in [0, 0.1) is 5.92 Å². The second-order valence-electron chi connectivity index (χ2n) is 8.14. The van der Waals surface area contributed by atoms with Gasteiger partial charge in [0.05, 0.1) is 33.1 Å². The van der Waals surface area contributed by atoms with Crippen LogP contribution in [0.4, 0.5) is 0 Å². The smallest absolute Gasteiger partial charge is 0.274 e. The number of benzene rings is 1. The Bertz CT molecular complexity index is 1320. The molecular weight excluding hydrogens is 400 g/mol. The summed E-state index contributed by atoms with van der Waals surface area (Å²) in [6, 6.07) is 5.43. The predicted molar refractivity (Wildman–Crippen MR) is 110 cm³/mol. The molecule has 1 N–H and O–H groups in total. The molecule has 8 heteroatoms. The molecule has 2 aromatic heterocycles. The maximum atomic E-state index is 13.5. The topological polar surface area (TPSA) is 94.0 Å². The van der Waals surface area contributed by atoms with Gasteiger partial charge in [-0.3, -0.25) is 9.59 Å². The molecule has 8 nitrogen and oxygen atoms in total. The first kappa shape index (κ1) is 18.1. The number of ketones is 1. The van der Waals surface area contributed by atoms with E-state index in [1.165, 1.54) is 14.2 Å². The van der Waals surface area contributed by atoms with Crippen LogP contribution in [0.2, 0.25) is 0 Å². The molecular formula is C23H20N2O6. The molecule has 1 aliphatic heterocycles. The number of hydrogen-bond donors (Lipinski definition) is 1. The Balaban J connectivity index is 1.43. The molecule has 3 aromatic rings. The standard InChI is InChI=1S/C23H20N2O6/c1-28-16-7-11-6-14(24-18(11)21(30-3)20(16)29-2)22(27)25-10-12-9-23(12)13-4-5-31-19(13)15(26)8-17(23)25/h4-8,12,24H,9-10H2,1-3H3. The van der Waals surface area contributed by atoms with Gasteiger partial charge in [0.2, 0.25) is 11.5 Å². The average molecular weight is 420 g/mol. The number of carbonyl (C=O) groups excluding carboxylic acids is 2. The van der Waals surface area contributed by atoms with E-state index in [0.717, 1.165) is 23.1 Å². The normalized spacial score (nSPS) is 23.2. The van der Waals surface area contributed by atoms with Crippen LogP contribution >= 0.6 is 0 Å². The van der Waals surface area contributed by atoms with Crippen molar-refractivity contribution in [1.29, 1.82) is 0 Å². The van der Waals surface area contributed by atoms with Crippen LogP contribution in [0.5, 0.6) is 17.2 Å². The summed E-state index contributed by atoms with van der Waals surface area (Å²) in [4.78, 5) is 31.0. The number of allylic oxidation sites excluding steroid dienone is 2. The molecule has 31 heavy (non-hydrogen) atoms. The second kappa shape index (κ2) is 5.94. The van der Waals surface area contributed by atoms with E-state index in [1.807, 2.05) is 6.07 Å². The van der Waals surface area contributed by atoms with Gasteiger partial charge in [0.25, 0.3) is 5.91 Å². The Labute approximate surface area is 177 Å². The molecule has 2 unspecified atom stereocenters. The number of H-pyrrole nitrogens is 1. The zero-order valence-corrected chi connectivity index (χ0v) is 17.3. The van der Waals surface area contributed by atoms with Crippen LogP contribution in [0.15, 0.2) is 40.7 Å². The maximum Gasteiger partial charge on any atom is 0.274 e. The van der Waals surface area contributed by atoms with Gasteiger partial charge in [-0.05, 0) is 30.5 Å². The highest BCUT2D eigenvalue weighted by atomic mass is 16.5. The van der Waals surface area contributed by atoms with Gasteiger partial charge in [0.15, 0.2) is 17.3 Å². The van der Waals surface area contributed by atoms with E-state index in [2.05, 4.69) is 4.98 Å². The lowest BCUT2D eigenvalue weighted by Crippen LogP contribution is -2.33. The Kier molecular flexibility index (Phi) is 3.47. The van der Waals surface area contributed by atoms with Crippen LogP contribution < -0.4 is 14.2 Å². The monoisotopic (exact) mass is 420 g/mol. The third-order valence-corrected chi connectivity index (χ3v) is 6.79. The molecule has 2 aliphatic carbocycles. The minimum absolute atomic E-state index is 0.186. The zero-order valence-electron chi connectivity index (χ0n) is 17.3. The number of hydrogen-bond acceptors (Lipinski definition) is 6. The number of likely N-dealkylation sites (tertiary alicyclic amines) is 1. The van der Waals surface area contributed by atoms with E-state index in [9.17, 15) is 9.59 Å². The third kappa shape index (κ3) is 2.14. The molecule has 158 valence electrons. The number of aromatic amines is 1. The van der Waals surface area contributed by atoms with E-state index in [1.54, 1.807) is 36.5 Å². The second-order valence-corrected chi connectivity index (χ2v) is 8.14. The Morgan fingerprint density at radius 1 is 1.19 bits per heavy atom. The van der Waals surface area contributed by atoms with Gasteiger partial charge in [-0.15, -0.1) is 0 Å². The lowest BCUT2D eigenvalue weighted by atomic mass is 9.86. The van der Waals surface area contributed by atoms with Gasteiger partial charge in [-0.1, -0.05) is 0 Å². The Morgan fingerprint density at radius 2 is 2.00 bits per heavy atom. The maximum absolute atomic E-state index is 13.5. The number of nitrogens with one attached hydrogen (secondary N) is 1. The molecule has 0 bridgehead atoms. The van der Waals surface area contributed by atoms with Crippen LogP contribution in [0.1, 0.15) is 33.0 Å². The largest absolute Gasteiger partial charge is 0.493 e. The molecule has 1 spiro atoms. The van der Waals surface area contributed by atoms with Crippen molar-refractivity contribution in [2.45, 2.75) is 11.8 Å². The van der Waals surface area contributed by atoms with E-state index in [0.29, 0.717) is 46.7 Å². The van der Waals surface area contributed by atoms with E-state index < -0.39 is 0 Å². The fourth-order valence-corrected chi connectivity index (χ4v) is 5.34. The Morgan fingerprint density at radius 3 is 2.74 bits per heavy atom. The number of amides is 1. The number of fused-ring (bicyclic) bond motifs is 2. The molecule has 0 radical (unpaired) electrons. The fraction of sp³-hybridized carbons (Fsp3) is 0.304. The van der Waals surface area contributed by atoms with Gasteiger partial charge >= 0.3 is 0 Å². The summed E-state index contributed by atoms with van der Waals surface area (Å²) in [5.41, 5.74) is 2.45. The summed E-state index contributed by atoms with van der Waals surface area (Å²) in [7, 11) is 4.63. The minimum Gasteiger partial charge on any atom is -0.493 e. The summed E-state index contributed by atoms with van der Waals surface area (Å²) in [5.74, 6) is 1.74. The van der Waals surface area contributed by atoms with Gasteiger partial charge in [0.1, 0.15) is 5.69 Å². The van der Waals surface area contributed by atoms with Gasteiger partial charge in [0, 0.05) is 34.7 Å². The first-order valence-corrected chi connectivity index (χ1v) is 10.0. The minimum atomic E-state index is -0.276. The van der Waals surface area contributed by atoms with Gasteiger partial charge < -0.3 is 28.5 Å². The lowest BCUT2D eigenvalue weighted by molar-refractivity contribution is 0.0806. The van der Waals surface area contributed by atoms with Gasteiger partial charge in [-0.2, -0.15) is 0 Å². The molecule has 3 heterocycles. The number of carbonyl (C=O) groups is 2. The summed E-state index contributed by atoms with van der Waals surface area (Å²) >= 11 is 0. The number of ether oxygens (including phenoxy) is 3. The molecule has 3 aliphatic rings. The SMILES string of the molecule is COc1cc2cc(C(=O)N3CC4CC45C3=CC(=O)c3occc35)[nH]c2c(OC)c1OC. The molecule has 2 atom stereocenters. The molecule has 1 amide bonds. The quantitative estimate of drug-likeness (QED) is 0.696. The van der Waals surface area contributed by atoms with Crippen LogP contribution in [0.25, 0.3) is 10.9 Å². The summed E-state index contributed by atoms with van der Waals surface area (Å²) in [6.07, 6.45) is 4.04. The van der Waals surface area contributed by atoms with Crippen molar-refractivity contribution in [2.75, 3.05) is 27.9 Å². The predicted octanol–water partition coefficient (Wildman–Crippen LogP) is 3.28. The third-order valence-electron chi connectivity index (χ3n) is 6.79. The summed E-state index contributed by atoms with van der Waals surface area (Å²) < 4.78 is 21.8. The van der Waals surface area contributed by atoms with Crippen molar-refractivity contribution >= 4 is 22.6 Å². The number of aromatic nitrogens is 1. The number of rotatable bonds is 4. The molecule has 2 fully saturated rings. The first-order valence-electron chi connectivity index (χ1n) is 10.0. The van der Waals surface area contributed by atoms with Crippen molar-refractivity contribution in [3.8, 4) is 17.2 Å². The number of nitrogens with zero attached hydrogens (tertiary/aromatic N) is 1. The van der Waals surface area contributed by atoms with Crippen molar-refractivity contribution in [1.82, 2.24) is 9.88 Å². The summed E-state index contributed by atoms with van der Waals surface area (Å²) in [6.45, 7) is 0.571. The van der Waals surface area contributed by atoms with Crippen molar-refractivity contribution in [2.24, 2.45) is 5.92 Å². The molecule has 6 rings (SSSR count). The fourth-order valence-electron chi connectivity index (χ4n) is 5.34. The highest BCUT2D eigenvalue weighted by molar-refractivity contribution is 6.08. The highest BCUT2D eigenvalue weighted by Crippen LogP contribution is 2.66. The average Bonchev–Trinajstić information content (AvgIpc) is 3.16. The van der Waals surface area contributed by atoms with Crippen molar-refractivity contribution < 1.29 is 28.2 Å². The molecule has 1 saturated heterocycles. The summed E-state index contributed by atoms with van der Waals surface area (Å²) in [5, 5.41) is 0.766. The number of methoxy groups -OCH3 is 3. The molecule has 1 aromatic carbocycles. The van der Waals surface area contributed by atoms with Gasteiger partial charge in [-0.25, -0.2) is 0 Å². The van der Waals surface area contributed by atoms with Crippen molar-refractivity contribution in [3.63, 3.8) is 0 Å². The van der Waals surface area contributed by atoms with Crippen LogP contribution in [-0.4, -0.2) is 49.4 Å². The number of piperidine rings is 1. The first-order chi connectivity index (χ1) is 15.0. The van der Waals surface area contributed by atoms with Crippen LogP contribution in [-0.2, 0) is 5.41 Å². The van der Waals surface area contributed by atoms with E-state index in [4.69, 9.17) is 18.6 Å². The highest BCUT2D eigenvalue weighted by Gasteiger charge is 2.68.